The van der Waals surface area contributed by atoms with Crippen LogP contribution < -0.4 is 0 Å². The molecule has 0 atom stereocenters. The maximum atomic E-state index is 6.14. The summed E-state index contributed by atoms with van der Waals surface area (Å²) in [4.78, 5) is 0. The van der Waals surface area contributed by atoms with E-state index in [-0.39, 0.29) is 6.79 Å². The van der Waals surface area contributed by atoms with Gasteiger partial charge >= 0.3 is 5.95 Å². The van der Waals surface area contributed by atoms with E-state index < -0.39 is 0 Å². The lowest BCUT2D eigenvalue weighted by atomic mass is 10.1. The lowest BCUT2D eigenvalue weighted by molar-refractivity contribution is -0.0845. The van der Waals surface area contributed by atoms with Crippen LogP contribution in [0.4, 0.5) is 0 Å². The van der Waals surface area contributed by atoms with Crippen molar-refractivity contribution in [3.8, 4) is 0 Å². The largest absolute Gasteiger partial charge is 0.491 e. The van der Waals surface area contributed by atoms with Gasteiger partial charge in [-0.05, 0) is 25.7 Å². The maximum Gasteiger partial charge on any atom is 0.321 e. The topological polar surface area (TPSA) is 36.9 Å². The molecule has 0 fully saturated rings. The zero-order valence-electron chi connectivity index (χ0n) is 22.9. The third-order valence-corrected chi connectivity index (χ3v) is 5.88. The Kier molecular flexibility index (Phi) is 26.6. The number of hydrogen-bond donors (Lipinski definition) is 0. The van der Waals surface area contributed by atoms with E-state index in [0.29, 0.717) is 12.6 Å². The monoisotopic (exact) mass is 470 g/mol. The Hall–Kier alpha value is -0.900. The zero-order chi connectivity index (χ0) is 24.2. The molecule has 0 bridgehead atoms. The third kappa shape index (κ3) is 22.6. The summed E-state index contributed by atoms with van der Waals surface area (Å²) in [5, 5.41) is 0. The van der Waals surface area contributed by atoms with E-state index in [4.69, 9.17) is 18.9 Å². The summed E-state index contributed by atoms with van der Waals surface area (Å²) in [5.41, 5.74) is 0. The fourth-order valence-electron chi connectivity index (χ4n) is 3.75. The molecule has 33 heavy (non-hydrogen) atoms. The van der Waals surface area contributed by atoms with Crippen LogP contribution >= 0.6 is 0 Å². The second kappa shape index (κ2) is 27.3. The molecule has 0 N–H and O–H groups in total. The van der Waals surface area contributed by atoms with Gasteiger partial charge in [-0.2, -0.15) is 0 Å². The van der Waals surface area contributed by atoms with Crippen LogP contribution in [0.5, 0.6) is 0 Å². The third-order valence-electron chi connectivity index (χ3n) is 5.88. The molecule has 4 heteroatoms. The molecule has 0 heterocycles. The van der Waals surface area contributed by atoms with E-state index in [1.165, 1.54) is 89.9 Å². The van der Waals surface area contributed by atoms with Gasteiger partial charge in [0.15, 0.2) is 12.6 Å². The van der Waals surface area contributed by atoms with Gasteiger partial charge in [-0.25, -0.2) is 0 Å². The van der Waals surface area contributed by atoms with Crippen molar-refractivity contribution in [2.75, 3.05) is 26.6 Å². The van der Waals surface area contributed by atoms with E-state index in [2.05, 4.69) is 27.7 Å². The van der Waals surface area contributed by atoms with Gasteiger partial charge in [0.25, 0.3) is 0 Å². The minimum atomic E-state index is 0.244. The lowest BCUT2D eigenvalue weighted by Gasteiger charge is -2.17. The van der Waals surface area contributed by atoms with Crippen LogP contribution in [-0.2, 0) is 18.9 Å². The van der Waals surface area contributed by atoms with Crippen molar-refractivity contribution >= 4 is 0 Å². The van der Waals surface area contributed by atoms with Crippen LogP contribution in [0.25, 0.3) is 0 Å². The number of unbranched alkanes of at least 4 members (excludes halogenated alkanes) is 14. The summed E-state index contributed by atoms with van der Waals surface area (Å²) in [6, 6.07) is 0. The maximum absolute atomic E-state index is 6.14. The van der Waals surface area contributed by atoms with Gasteiger partial charge in [0.1, 0.15) is 0 Å². The van der Waals surface area contributed by atoms with Gasteiger partial charge in [-0.3, -0.25) is 0 Å². The minimum Gasteiger partial charge on any atom is -0.491 e. The van der Waals surface area contributed by atoms with Gasteiger partial charge in [0, 0.05) is 6.42 Å². The molecule has 4 nitrogen and oxygen atoms in total. The Morgan fingerprint density at radius 3 is 1.39 bits per heavy atom. The molecule has 0 amide bonds. The van der Waals surface area contributed by atoms with E-state index in [0.717, 1.165) is 51.1 Å². The molecule has 0 spiro atoms. The standard InChI is InChI=1S/C29H58O4/c1-5-9-12-15-16-19-20-24-30-27-33-29(32-26-22-18-14-11-7-3)28(23-8-4)31-25-21-17-13-10-6-2/h5-27H2,1-4H3. The molecule has 0 saturated heterocycles. The number of hydrogen-bond acceptors (Lipinski definition) is 4. The molecule has 0 aliphatic heterocycles. The molecule has 0 aliphatic rings. The summed E-state index contributed by atoms with van der Waals surface area (Å²) in [7, 11) is 0. The molecule has 0 saturated carbocycles. The number of rotatable bonds is 27. The fraction of sp³-hybridized carbons (Fsp3) is 0.931. The minimum absolute atomic E-state index is 0.244. The van der Waals surface area contributed by atoms with Crippen molar-refractivity contribution < 1.29 is 18.9 Å². The smallest absolute Gasteiger partial charge is 0.321 e. The summed E-state index contributed by atoms with van der Waals surface area (Å²) in [6.45, 7) is 11.3. The van der Waals surface area contributed by atoms with Crippen molar-refractivity contribution in [2.45, 2.75) is 150 Å². The number of ether oxygens (including phenoxy) is 4. The van der Waals surface area contributed by atoms with Crippen molar-refractivity contribution in [3.05, 3.63) is 11.7 Å². The van der Waals surface area contributed by atoms with Crippen LogP contribution in [-0.4, -0.2) is 26.6 Å². The van der Waals surface area contributed by atoms with E-state index in [1.54, 1.807) is 0 Å². The lowest BCUT2D eigenvalue weighted by Crippen LogP contribution is -2.10. The Morgan fingerprint density at radius 2 is 0.879 bits per heavy atom. The molecule has 0 aliphatic carbocycles. The molecule has 0 unspecified atom stereocenters. The average Bonchev–Trinajstić information content (AvgIpc) is 2.82. The quantitative estimate of drug-likeness (QED) is 0.0680. The normalized spacial score (nSPS) is 12.0. The Balaban J connectivity index is 4.42. The predicted molar refractivity (Wildman–Crippen MR) is 141 cm³/mol. The van der Waals surface area contributed by atoms with Crippen LogP contribution in [0, 0.1) is 0 Å². The molecule has 198 valence electrons. The molecular formula is C29H58O4. The highest BCUT2D eigenvalue weighted by Crippen LogP contribution is 2.18. The van der Waals surface area contributed by atoms with E-state index in [9.17, 15) is 0 Å². The first-order chi connectivity index (χ1) is 16.3. The number of allylic oxidation sites excluding steroid dienone is 1. The molecule has 0 aromatic heterocycles. The first kappa shape index (κ1) is 32.1. The summed E-state index contributed by atoms with van der Waals surface area (Å²) >= 11 is 0. The molecule has 0 aromatic rings. The average molecular weight is 471 g/mol. The SMILES string of the molecule is CCCCCCCCCOCOC(OCCCCCCC)=C(CCC)OCCCCCCC. The van der Waals surface area contributed by atoms with Crippen molar-refractivity contribution in [1.29, 1.82) is 0 Å². The van der Waals surface area contributed by atoms with Crippen LogP contribution in [0.2, 0.25) is 0 Å². The molecule has 0 radical (unpaired) electrons. The van der Waals surface area contributed by atoms with Gasteiger partial charge in [0.05, 0.1) is 19.8 Å². The van der Waals surface area contributed by atoms with Crippen molar-refractivity contribution in [1.82, 2.24) is 0 Å². The van der Waals surface area contributed by atoms with E-state index in [1.807, 2.05) is 0 Å². The highest BCUT2D eigenvalue weighted by molar-refractivity contribution is 4.95. The Labute approximate surface area is 207 Å². The summed E-state index contributed by atoms with van der Waals surface area (Å²) < 4.78 is 23.9. The first-order valence-electron chi connectivity index (χ1n) is 14.5. The first-order valence-corrected chi connectivity index (χ1v) is 14.5. The Morgan fingerprint density at radius 1 is 0.424 bits per heavy atom. The highest BCUT2D eigenvalue weighted by atomic mass is 16.7. The summed E-state index contributed by atoms with van der Waals surface area (Å²) in [5.74, 6) is 1.42. The van der Waals surface area contributed by atoms with Crippen LogP contribution in [0.15, 0.2) is 11.7 Å². The zero-order valence-corrected chi connectivity index (χ0v) is 22.9. The molecule has 0 rings (SSSR count). The van der Waals surface area contributed by atoms with Gasteiger partial charge in [-0.1, -0.05) is 118 Å². The van der Waals surface area contributed by atoms with Crippen LogP contribution in [0.3, 0.4) is 0 Å². The molecular weight excluding hydrogens is 412 g/mol. The highest BCUT2D eigenvalue weighted by Gasteiger charge is 2.12. The van der Waals surface area contributed by atoms with Gasteiger partial charge in [0.2, 0.25) is 0 Å². The molecule has 0 aromatic carbocycles. The second-order valence-electron chi connectivity index (χ2n) is 9.28. The van der Waals surface area contributed by atoms with Gasteiger partial charge < -0.3 is 18.9 Å². The van der Waals surface area contributed by atoms with Crippen LogP contribution in [0.1, 0.15) is 150 Å². The second-order valence-corrected chi connectivity index (χ2v) is 9.28. The Bertz CT molecular complexity index is 408. The van der Waals surface area contributed by atoms with Crippen molar-refractivity contribution in [2.24, 2.45) is 0 Å². The van der Waals surface area contributed by atoms with Gasteiger partial charge in [-0.15, -0.1) is 0 Å². The fourth-order valence-corrected chi connectivity index (χ4v) is 3.75. The van der Waals surface area contributed by atoms with Crippen molar-refractivity contribution in [3.63, 3.8) is 0 Å². The summed E-state index contributed by atoms with van der Waals surface area (Å²) in [6.07, 6.45) is 23.2. The predicted octanol–water partition coefficient (Wildman–Crippen LogP) is 9.67. The van der Waals surface area contributed by atoms with E-state index >= 15 is 0 Å².